The van der Waals surface area contributed by atoms with E-state index in [9.17, 15) is 18.4 Å². The van der Waals surface area contributed by atoms with Crippen molar-refractivity contribution in [3.8, 4) is 11.3 Å². The van der Waals surface area contributed by atoms with E-state index in [0.717, 1.165) is 28.2 Å². The van der Waals surface area contributed by atoms with E-state index in [1.165, 1.54) is 19.1 Å². The van der Waals surface area contributed by atoms with E-state index in [1.54, 1.807) is 31.5 Å². The second-order valence-corrected chi connectivity index (χ2v) is 9.58. The molecule has 1 unspecified atom stereocenters. The van der Waals surface area contributed by atoms with Gasteiger partial charge in [-0.05, 0) is 18.1 Å². The van der Waals surface area contributed by atoms with Crippen molar-refractivity contribution in [2.75, 3.05) is 24.5 Å². The van der Waals surface area contributed by atoms with E-state index in [2.05, 4.69) is 21.8 Å². The molecule has 6 nitrogen and oxygen atoms in total. The maximum atomic E-state index is 13.8. The van der Waals surface area contributed by atoms with E-state index in [1.807, 2.05) is 29.2 Å². The highest BCUT2D eigenvalue weighted by molar-refractivity contribution is 5.83. The molecule has 0 aliphatic carbocycles. The lowest BCUT2D eigenvalue weighted by Gasteiger charge is -2.40. The molecule has 8 heteroatoms. The number of carbonyl (C=O) groups is 2. The van der Waals surface area contributed by atoms with Crippen molar-refractivity contribution in [2.45, 2.75) is 52.0 Å². The van der Waals surface area contributed by atoms with Crippen molar-refractivity contribution in [3.05, 3.63) is 77.6 Å². The summed E-state index contributed by atoms with van der Waals surface area (Å²) in [7, 11) is 0. The van der Waals surface area contributed by atoms with Gasteiger partial charge in [-0.25, -0.2) is 13.8 Å². The number of nitrogens with zero attached hydrogens (tertiary/aromatic N) is 4. The summed E-state index contributed by atoms with van der Waals surface area (Å²) in [5.74, 6) is -1.99. The summed E-state index contributed by atoms with van der Waals surface area (Å²) in [6, 6.07) is 13.8. The molecule has 0 radical (unpaired) electrons. The summed E-state index contributed by atoms with van der Waals surface area (Å²) in [5, 5.41) is 0. The molecule has 4 rings (SSSR count). The van der Waals surface area contributed by atoms with Gasteiger partial charge in [0.1, 0.15) is 11.5 Å². The minimum absolute atomic E-state index is 0.0140. The monoisotopic (exact) mass is 506 g/mol. The number of anilines is 1. The first-order chi connectivity index (χ1) is 17.7. The molecule has 0 saturated carbocycles. The van der Waals surface area contributed by atoms with Crippen molar-refractivity contribution < 1.29 is 18.4 Å². The number of benzene rings is 2. The number of alkyl halides is 2. The normalized spacial score (nSPS) is 16.1. The third-order valence-electron chi connectivity index (χ3n) is 6.87. The number of halogens is 2. The second kappa shape index (κ2) is 11.2. The largest absolute Gasteiger partial charge is 0.349 e. The summed E-state index contributed by atoms with van der Waals surface area (Å²) < 4.78 is 27.6. The van der Waals surface area contributed by atoms with Gasteiger partial charge in [0, 0.05) is 75.4 Å². The van der Waals surface area contributed by atoms with Crippen LogP contribution in [0.1, 0.15) is 43.9 Å². The SMILES string of the molecule is CCC(F)(F)c1ccc(CC(=O)Cc2ccc(-c3nccnc3N3CCN(C(C)=O)CC3C)cc2)cc1. The Morgan fingerprint density at radius 1 is 0.946 bits per heavy atom. The number of piperazine rings is 1. The smallest absolute Gasteiger partial charge is 0.273 e. The molecule has 2 aromatic carbocycles. The molecule has 1 fully saturated rings. The van der Waals surface area contributed by atoms with Gasteiger partial charge in [0.25, 0.3) is 5.92 Å². The van der Waals surface area contributed by atoms with Crippen LogP contribution in [0.15, 0.2) is 60.9 Å². The number of ketones is 1. The number of Topliss-reactive ketones (excluding diaryl/α,β-unsaturated/α-hetero) is 1. The van der Waals surface area contributed by atoms with Crippen LogP contribution in [0.4, 0.5) is 14.6 Å². The van der Waals surface area contributed by atoms with Gasteiger partial charge in [-0.1, -0.05) is 55.5 Å². The second-order valence-electron chi connectivity index (χ2n) is 9.58. The maximum Gasteiger partial charge on any atom is 0.273 e. The zero-order valence-corrected chi connectivity index (χ0v) is 21.5. The lowest BCUT2D eigenvalue weighted by Crippen LogP contribution is -2.53. The number of hydrogen-bond acceptors (Lipinski definition) is 5. The Balaban J connectivity index is 1.42. The van der Waals surface area contributed by atoms with Crippen LogP contribution in [-0.2, 0) is 28.4 Å². The Morgan fingerprint density at radius 3 is 2.11 bits per heavy atom. The first kappa shape index (κ1) is 26.4. The van der Waals surface area contributed by atoms with E-state index in [-0.39, 0.29) is 42.6 Å². The van der Waals surface area contributed by atoms with Gasteiger partial charge in [-0.2, -0.15) is 0 Å². The molecule has 1 saturated heterocycles. The predicted octanol–water partition coefficient (Wildman–Crippen LogP) is 5.06. The molecular formula is C29H32F2N4O2. The Kier molecular flexibility index (Phi) is 7.95. The molecular weight excluding hydrogens is 474 g/mol. The van der Waals surface area contributed by atoms with Crippen LogP contribution in [0.2, 0.25) is 0 Å². The van der Waals surface area contributed by atoms with Gasteiger partial charge in [0.2, 0.25) is 5.91 Å². The van der Waals surface area contributed by atoms with Crippen LogP contribution in [0.5, 0.6) is 0 Å². The highest BCUT2D eigenvalue weighted by Gasteiger charge is 2.29. The number of rotatable bonds is 8. The standard InChI is InChI=1S/C29H32F2N4O2/c1-4-29(30,31)25-11-7-23(8-12-25)18-26(37)17-22-5-9-24(10-6-22)27-28(33-14-13-32-27)35-16-15-34(21(3)36)19-20(35)2/h5-14,20H,4,15-19H2,1-3H3. The third kappa shape index (κ3) is 6.18. The fraction of sp³-hybridized carbons (Fsp3) is 0.379. The van der Waals surface area contributed by atoms with Crippen LogP contribution < -0.4 is 4.90 Å². The Bertz CT molecular complexity index is 1250. The van der Waals surface area contributed by atoms with Crippen LogP contribution >= 0.6 is 0 Å². The quantitative estimate of drug-likeness (QED) is 0.428. The first-order valence-corrected chi connectivity index (χ1v) is 12.6. The first-order valence-electron chi connectivity index (χ1n) is 12.6. The van der Waals surface area contributed by atoms with E-state index in [4.69, 9.17) is 0 Å². The fourth-order valence-electron chi connectivity index (χ4n) is 4.67. The van der Waals surface area contributed by atoms with E-state index in [0.29, 0.717) is 19.6 Å². The van der Waals surface area contributed by atoms with Crippen molar-refractivity contribution >= 4 is 17.5 Å². The lowest BCUT2D eigenvalue weighted by atomic mass is 9.99. The average Bonchev–Trinajstić information content (AvgIpc) is 2.89. The molecule has 1 atom stereocenters. The molecule has 37 heavy (non-hydrogen) atoms. The van der Waals surface area contributed by atoms with Crippen molar-refractivity contribution in [1.29, 1.82) is 0 Å². The molecule has 0 spiro atoms. The van der Waals surface area contributed by atoms with E-state index < -0.39 is 5.92 Å². The van der Waals surface area contributed by atoms with Crippen molar-refractivity contribution in [3.63, 3.8) is 0 Å². The molecule has 1 aliphatic heterocycles. The minimum Gasteiger partial charge on any atom is -0.349 e. The average molecular weight is 507 g/mol. The topological polar surface area (TPSA) is 66.4 Å². The van der Waals surface area contributed by atoms with Crippen LogP contribution in [0, 0.1) is 0 Å². The predicted molar refractivity (Wildman–Crippen MR) is 140 cm³/mol. The van der Waals surface area contributed by atoms with Gasteiger partial charge < -0.3 is 9.80 Å². The zero-order valence-electron chi connectivity index (χ0n) is 21.5. The number of amides is 1. The Hall–Kier alpha value is -3.68. The maximum absolute atomic E-state index is 13.8. The Morgan fingerprint density at radius 2 is 1.54 bits per heavy atom. The summed E-state index contributed by atoms with van der Waals surface area (Å²) in [5.41, 5.74) is 3.22. The number of carbonyl (C=O) groups excluding carboxylic acids is 2. The summed E-state index contributed by atoms with van der Waals surface area (Å²) >= 11 is 0. The minimum atomic E-state index is -2.85. The molecule has 3 aromatic rings. The van der Waals surface area contributed by atoms with Gasteiger partial charge in [-0.3, -0.25) is 14.6 Å². The van der Waals surface area contributed by atoms with Crippen molar-refractivity contribution in [2.24, 2.45) is 0 Å². The zero-order chi connectivity index (χ0) is 26.6. The summed E-state index contributed by atoms with van der Waals surface area (Å²) in [6.07, 6.45) is 3.52. The van der Waals surface area contributed by atoms with Crippen LogP contribution in [0.3, 0.4) is 0 Å². The van der Waals surface area contributed by atoms with Gasteiger partial charge >= 0.3 is 0 Å². The lowest BCUT2D eigenvalue weighted by molar-refractivity contribution is -0.129. The molecule has 2 heterocycles. The van der Waals surface area contributed by atoms with Gasteiger partial charge in [0.05, 0.1) is 0 Å². The molecule has 0 bridgehead atoms. The molecule has 1 aliphatic rings. The van der Waals surface area contributed by atoms with Crippen LogP contribution in [-0.4, -0.2) is 52.2 Å². The fourth-order valence-corrected chi connectivity index (χ4v) is 4.67. The van der Waals surface area contributed by atoms with Crippen LogP contribution in [0.25, 0.3) is 11.3 Å². The highest BCUT2D eigenvalue weighted by atomic mass is 19.3. The third-order valence-corrected chi connectivity index (χ3v) is 6.87. The highest BCUT2D eigenvalue weighted by Crippen LogP contribution is 2.32. The number of aromatic nitrogens is 2. The Labute approximate surface area is 216 Å². The molecule has 0 N–H and O–H groups in total. The van der Waals surface area contributed by atoms with Gasteiger partial charge in [-0.15, -0.1) is 0 Å². The summed E-state index contributed by atoms with van der Waals surface area (Å²) in [6.45, 7) is 7.07. The number of hydrogen-bond donors (Lipinski definition) is 0. The van der Waals surface area contributed by atoms with E-state index >= 15 is 0 Å². The molecule has 1 amide bonds. The van der Waals surface area contributed by atoms with Crippen molar-refractivity contribution in [1.82, 2.24) is 14.9 Å². The molecule has 1 aromatic heterocycles. The summed E-state index contributed by atoms with van der Waals surface area (Å²) in [4.78, 5) is 37.6. The van der Waals surface area contributed by atoms with Gasteiger partial charge in [0.15, 0.2) is 5.82 Å². The molecule has 194 valence electrons.